The van der Waals surface area contributed by atoms with Gasteiger partial charge in [-0.2, -0.15) is 0 Å². The first-order valence-corrected chi connectivity index (χ1v) is 7.19. The molecule has 0 saturated carbocycles. The molecule has 0 bridgehead atoms. The lowest BCUT2D eigenvalue weighted by atomic mass is 10.1. The summed E-state index contributed by atoms with van der Waals surface area (Å²) in [4.78, 5) is 2.36. The van der Waals surface area contributed by atoms with E-state index in [1.807, 2.05) is 12.1 Å². The summed E-state index contributed by atoms with van der Waals surface area (Å²) in [6, 6.07) is 7.63. The van der Waals surface area contributed by atoms with Crippen LogP contribution in [0.5, 0.6) is 0 Å². The molecule has 0 aromatic heterocycles. The number of hydrogen-bond donors (Lipinski definition) is 1. The number of hydrogen-bond acceptors (Lipinski definition) is 2. The zero-order valence-corrected chi connectivity index (χ0v) is 12.6. The average molecular weight is 266 g/mol. The van der Waals surface area contributed by atoms with Gasteiger partial charge in [-0.05, 0) is 71.4 Å². The topological polar surface area (TPSA) is 15.3 Å². The van der Waals surface area contributed by atoms with Crippen LogP contribution in [0.4, 0.5) is 4.39 Å². The maximum atomic E-state index is 12.8. The van der Waals surface area contributed by atoms with E-state index in [0.717, 1.165) is 18.7 Å². The summed E-state index contributed by atoms with van der Waals surface area (Å²) in [6.07, 6.45) is 2.38. The first-order chi connectivity index (χ1) is 9.00. The van der Waals surface area contributed by atoms with Crippen molar-refractivity contribution in [1.29, 1.82) is 0 Å². The van der Waals surface area contributed by atoms with Crippen molar-refractivity contribution in [3.63, 3.8) is 0 Å². The Hall–Kier alpha value is -0.930. The molecule has 1 rings (SSSR count). The molecule has 3 heteroatoms. The second-order valence-corrected chi connectivity index (χ2v) is 5.51. The number of benzene rings is 1. The number of rotatable bonds is 8. The lowest BCUT2D eigenvalue weighted by Crippen LogP contribution is -2.28. The summed E-state index contributed by atoms with van der Waals surface area (Å²) < 4.78 is 12.8. The third-order valence-electron chi connectivity index (χ3n) is 3.64. The van der Waals surface area contributed by atoms with Crippen molar-refractivity contribution in [3.8, 4) is 0 Å². The summed E-state index contributed by atoms with van der Waals surface area (Å²) >= 11 is 0. The summed E-state index contributed by atoms with van der Waals surface area (Å²) in [6.45, 7) is 8.70. The van der Waals surface area contributed by atoms with Crippen LogP contribution in [0, 0.1) is 5.82 Å². The molecule has 0 heterocycles. The zero-order valence-electron chi connectivity index (χ0n) is 12.6. The molecule has 0 aliphatic heterocycles. The molecule has 19 heavy (non-hydrogen) atoms. The Balaban J connectivity index is 2.17. The second kappa shape index (κ2) is 8.28. The fourth-order valence-corrected chi connectivity index (χ4v) is 1.93. The lowest BCUT2D eigenvalue weighted by molar-refractivity contribution is 0.267. The van der Waals surface area contributed by atoms with Gasteiger partial charge in [0, 0.05) is 12.1 Å². The van der Waals surface area contributed by atoms with Gasteiger partial charge in [-0.3, -0.25) is 0 Å². The number of nitrogens with one attached hydrogen (secondary N) is 1. The quantitative estimate of drug-likeness (QED) is 0.723. The Kier molecular flexibility index (Phi) is 7.03. The second-order valence-electron chi connectivity index (χ2n) is 5.51. The Bertz CT molecular complexity index is 348. The molecule has 0 amide bonds. The molecule has 0 aliphatic rings. The van der Waals surface area contributed by atoms with E-state index >= 15 is 0 Å². The Labute approximate surface area is 117 Å². The smallest absolute Gasteiger partial charge is 0.123 e. The van der Waals surface area contributed by atoms with Crippen LogP contribution in [0.3, 0.4) is 0 Å². The van der Waals surface area contributed by atoms with Crippen LogP contribution in [0.25, 0.3) is 0 Å². The van der Waals surface area contributed by atoms with E-state index in [4.69, 9.17) is 0 Å². The molecule has 108 valence electrons. The SMILES string of the molecule is CC(NCCCCN(C)C(C)C)c1ccc(F)cc1. The minimum atomic E-state index is -0.173. The van der Waals surface area contributed by atoms with E-state index in [1.165, 1.54) is 25.0 Å². The molecule has 0 aliphatic carbocycles. The summed E-state index contributed by atoms with van der Waals surface area (Å²) in [5, 5.41) is 3.48. The van der Waals surface area contributed by atoms with Crippen LogP contribution < -0.4 is 5.32 Å². The van der Waals surface area contributed by atoms with Gasteiger partial charge >= 0.3 is 0 Å². The molecule has 1 atom stereocenters. The molecule has 1 N–H and O–H groups in total. The van der Waals surface area contributed by atoms with Crippen molar-refractivity contribution in [2.24, 2.45) is 0 Å². The molecular weight excluding hydrogens is 239 g/mol. The molecule has 1 unspecified atom stereocenters. The van der Waals surface area contributed by atoms with Gasteiger partial charge in [0.05, 0.1) is 0 Å². The minimum absolute atomic E-state index is 0.173. The van der Waals surface area contributed by atoms with Crippen LogP contribution in [0.1, 0.15) is 45.2 Å². The first kappa shape index (κ1) is 16.1. The van der Waals surface area contributed by atoms with Gasteiger partial charge < -0.3 is 10.2 Å². The average Bonchev–Trinajstić information content (AvgIpc) is 2.38. The summed E-state index contributed by atoms with van der Waals surface area (Å²) in [5.41, 5.74) is 1.14. The van der Waals surface area contributed by atoms with Gasteiger partial charge in [0.25, 0.3) is 0 Å². The van der Waals surface area contributed by atoms with Gasteiger partial charge in [0.15, 0.2) is 0 Å². The molecular formula is C16H27FN2. The van der Waals surface area contributed by atoms with Crippen molar-refractivity contribution < 1.29 is 4.39 Å². The van der Waals surface area contributed by atoms with Gasteiger partial charge in [-0.1, -0.05) is 12.1 Å². The van der Waals surface area contributed by atoms with E-state index in [0.29, 0.717) is 6.04 Å². The number of unbranched alkanes of at least 4 members (excludes halogenated alkanes) is 1. The highest BCUT2D eigenvalue weighted by Gasteiger charge is 2.05. The number of halogens is 1. The van der Waals surface area contributed by atoms with Crippen molar-refractivity contribution >= 4 is 0 Å². The normalized spacial score (nSPS) is 13.2. The Morgan fingerprint density at radius 3 is 2.32 bits per heavy atom. The van der Waals surface area contributed by atoms with Crippen LogP contribution in [-0.2, 0) is 0 Å². The fourth-order valence-electron chi connectivity index (χ4n) is 1.93. The molecule has 1 aromatic rings. The first-order valence-electron chi connectivity index (χ1n) is 7.19. The predicted octanol–water partition coefficient (Wildman–Crippen LogP) is 3.60. The van der Waals surface area contributed by atoms with Crippen LogP contribution in [0.2, 0.25) is 0 Å². The molecule has 1 aromatic carbocycles. The molecule has 0 radical (unpaired) electrons. The van der Waals surface area contributed by atoms with E-state index in [1.54, 1.807) is 0 Å². The Morgan fingerprint density at radius 2 is 1.74 bits per heavy atom. The van der Waals surface area contributed by atoms with Gasteiger partial charge in [0.2, 0.25) is 0 Å². The fraction of sp³-hybridized carbons (Fsp3) is 0.625. The highest BCUT2D eigenvalue weighted by molar-refractivity contribution is 5.19. The van der Waals surface area contributed by atoms with E-state index in [-0.39, 0.29) is 11.9 Å². The monoisotopic (exact) mass is 266 g/mol. The molecule has 0 fully saturated rings. The highest BCUT2D eigenvalue weighted by atomic mass is 19.1. The van der Waals surface area contributed by atoms with E-state index in [2.05, 4.69) is 38.0 Å². The standard InChI is InChI=1S/C16H27FN2/c1-13(2)19(4)12-6-5-11-18-14(3)15-7-9-16(17)10-8-15/h7-10,13-14,18H,5-6,11-12H2,1-4H3. The van der Waals surface area contributed by atoms with Crippen LogP contribution >= 0.6 is 0 Å². The van der Waals surface area contributed by atoms with Crippen molar-refractivity contribution in [1.82, 2.24) is 10.2 Å². The van der Waals surface area contributed by atoms with Crippen molar-refractivity contribution in [2.75, 3.05) is 20.1 Å². The lowest BCUT2D eigenvalue weighted by Gasteiger charge is -2.21. The molecule has 0 saturated heterocycles. The number of nitrogens with zero attached hydrogens (tertiary/aromatic N) is 1. The van der Waals surface area contributed by atoms with Crippen molar-refractivity contribution in [2.45, 2.75) is 45.7 Å². The minimum Gasteiger partial charge on any atom is -0.310 e. The molecule has 0 spiro atoms. The van der Waals surface area contributed by atoms with E-state index in [9.17, 15) is 4.39 Å². The van der Waals surface area contributed by atoms with Gasteiger partial charge in [0.1, 0.15) is 5.82 Å². The summed E-state index contributed by atoms with van der Waals surface area (Å²) in [5.74, 6) is -0.173. The van der Waals surface area contributed by atoms with Crippen LogP contribution in [0.15, 0.2) is 24.3 Å². The third-order valence-corrected chi connectivity index (χ3v) is 3.64. The van der Waals surface area contributed by atoms with Crippen LogP contribution in [-0.4, -0.2) is 31.1 Å². The highest BCUT2D eigenvalue weighted by Crippen LogP contribution is 2.12. The van der Waals surface area contributed by atoms with E-state index < -0.39 is 0 Å². The Morgan fingerprint density at radius 1 is 1.11 bits per heavy atom. The van der Waals surface area contributed by atoms with Crippen molar-refractivity contribution in [3.05, 3.63) is 35.6 Å². The maximum Gasteiger partial charge on any atom is 0.123 e. The largest absolute Gasteiger partial charge is 0.310 e. The summed E-state index contributed by atoms with van der Waals surface area (Å²) in [7, 11) is 2.17. The van der Waals surface area contributed by atoms with Gasteiger partial charge in [-0.25, -0.2) is 4.39 Å². The zero-order chi connectivity index (χ0) is 14.3. The van der Waals surface area contributed by atoms with Gasteiger partial charge in [-0.15, -0.1) is 0 Å². The predicted molar refractivity (Wildman–Crippen MR) is 79.8 cm³/mol. The third kappa shape index (κ3) is 6.17. The maximum absolute atomic E-state index is 12.8. The molecule has 2 nitrogen and oxygen atoms in total.